The monoisotopic (exact) mass is 470 g/mol. The molecule has 3 heterocycles. The quantitative estimate of drug-likeness (QED) is 0.521. The Labute approximate surface area is 193 Å². The molecule has 8 nitrogen and oxygen atoms in total. The number of halogens is 1. The normalized spacial score (nSPS) is 16.6. The molecule has 1 saturated carbocycles. The number of aromatic nitrogens is 1. The number of thiophene rings is 1. The van der Waals surface area contributed by atoms with Gasteiger partial charge in [-0.15, -0.1) is 11.3 Å². The fourth-order valence-corrected chi connectivity index (χ4v) is 4.72. The largest absolute Gasteiger partial charge is 0.453 e. The number of anilines is 1. The number of aliphatic hydroxyl groups is 1. The Kier molecular flexibility index (Phi) is 5.86. The van der Waals surface area contributed by atoms with Crippen LogP contribution in [0.3, 0.4) is 0 Å². The van der Waals surface area contributed by atoms with Gasteiger partial charge in [-0.2, -0.15) is 0 Å². The summed E-state index contributed by atoms with van der Waals surface area (Å²) in [6.07, 6.45) is 4.25. The van der Waals surface area contributed by atoms with Gasteiger partial charge in [0.05, 0.1) is 21.2 Å². The lowest BCUT2D eigenvalue weighted by Gasteiger charge is -2.29. The summed E-state index contributed by atoms with van der Waals surface area (Å²) in [6, 6.07) is 7.40. The number of fused-ring (bicyclic) bond motifs is 1. The van der Waals surface area contributed by atoms with E-state index in [1.54, 1.807) is 29.3 Å². The molecule has 3 amide bonds. The van der Waals surface area contributed by atoms with E-state index >= 15 is 0 Å². The Morgan fingerprint density at radius 2 is 1.91 bits per heavy atom. The molecule has 2 aliphatic rings. The highest BCUT2D eigenvalue weighted by atomic mass is 32.1. The summed E-state index contributed by atoms with van der Waals surface area (Å²) in [6.45, 7) is 1.02. The summed E-state index contributed by atoms with van der Waals surface area (Å²) >= 11 is 1.25. The second-order valence-corrected chi connectivity index (χ2v) is 9.33. The standard InChI is InChI=1S/C23H23FN4O4S/c24-16-11-14(27-23(31)26-13-1-2-13)3-4-18(16)32-19-5-8-25-17-12-20(33-21(17)19)22(30)28-9-6-15(29)7-10-28/h3-5,8,11-13,15,29H,1-2,6-7,9-10H2,(H2,26,27,31). The molecular formula is C23H23FN4O4S. The van der Waals surface area contributed by atoms with Crippen molar-refractivity contribution in [3.05, 3.63) is 47.2 Å². The van der Waals surface area contributed by atoms with Crippen LogP contribution in [0.25, 0.3) is 10.2 Å². The molecule has 1 aliphatic heterocycles. The first-order valence-corrected chi connectivity index (χ1v) is 11.7. The van der Waals surface area contributed by atoms with Gasteiger partial charge in [0.1, 0.15) is 5.75 Å². The number of ether oxygens (including phenoxy) is 1. The molecule has 1 saturated heterocycles. The first kappa shape index (κ1) is 21.6. The lowest BCUT2D eigenvalue weighted by Crippen LogP contribution is -2.39. The Bertz CT molecular complexity index is 1200. The molecule has 0 bridgehead atoms. The average molecular weight is 471 g/mol. The zero-order chi connectivity index (χ0) is 22.9. The maximum absolute atomic E-state index is 14.7. The number of rotatable bonds is 5. The van der Waals surface area contributed by atoms with Crippen molar-refractivity contribution in [3.63, 3.8) is 0 Å². The van der Waals surface area contributed by atoms with E-state index in [9.17, 15) is 19.1 Å². The highest BCUT2D eigenvalue weighted by molar-refractivity contribution is 7.21. The number of pyridine rings is 1. The third kappa shape index (κ3) is 4.91. The van der Waals surface area contributed by atoms with Crippen molar-refractivity contribution < 1.29 is 23.8 Å². The molecule has 1 aromatic carbocycles. The minimum absolute atomic E-state index is 0.00180. The zero-order valence-electron chi connectivity index (χ0n) is 17.7. The molecule has 0 atom stereocenters. The van der Waals surface area contributed by atoms with Crippen LogP contribution in [-0.2, 0) is 0 Å². The first-order valence-electron chi connectivity index (χ1n) is 10.9. The van der Waals surface area contributed by atoms with Gasteiger partial charge in [0.15, 0.2) is 11.6 Å². The van der Waals surface area contributed by atoms with Crippen molar-refractivity contribution >= 4 is 39.2 Å². The smallest absolute Gasteiger partial charge is 0.319 e. The van der Waals surface area contributed by atoms with Crippen molar-refractivity contribution in [2.75, 3.05) is 18.4 Å². The molecule has 0 spiro atoms. The van der Waals surface area contributed by atoms with E-state index in [1.807, 2.05) is 0 Å². The Balaban J connectivity index is 1.32. The molecule has 33 heavy (non-hydrogen) atoms. The van der Waals surface area contributed by atoms with Gasteiger partial charge in [-0.3, -0.25) is 9.78 Å². The third-order valence-corrected chi connectivity index (χ3v) is 6.79. The number of aliphatic hydroxyl groups excluding tert-OH is 1. The first-order chi connectivity index (χ1) is 16.0. The SMILES string of the molecule is O=C(Nc1ccc(Oc2ccnc3cc(C(=O)N4CCC(O)CC4)sc23)c(F)c1)NC1CC1. The van der Waals surface area contributed by atoms with Crippen molar-refractivity contribution in [1.29, 1.82) is 0 Å². The molecule has 1 aliphatic carbocycles. The summed E-state index contributed by atoms with van der Waals surface area (Å²) in [7, 11) is 0. The van der Waals surface area contributed by atoms with E-state index in [0.717, 1.165) is 12.8 Å². The number of nitrogens with zero attached hydrogens (tertiary/aromatic N) is 2. The summed E-state index contributed by atoms with van der Waals surface area (Å²) < 4.78 is 21.1. The average Bonchev–Trinajstić information content (AvgIpc) is 3.49. The van der Waals surface area contributed by atoms with Crippen LogP contribution in [0.5, 0.6) is 11.5 Å². The minimum atomic E-state index is -0.621. The topological polar surface area (TPSA) is 104 Å². The number of carbonyl (C=O) groups excluding carboxylic acids is 2. The number of likely N-dealkylation sites (tertiary alicyclic amines) is 1. The van der Waals surface area contributed by atoms with Crippen LogP contribution in [-0.4, -0.2) is 52.2 Å². The second-order valence-electron chi connectivity index (χ2n) is 8.28. The van der Waals surface area contributed by atoms with Crippen molar-refractivity contribution in [1.82, 2.24) is 15.2 Å². The van der Waals surface area contributed by atoms with Crippen molar-refractivity contribution in [3.8, 4) is 11.5 Å². The van der Waals surface area contributed by atoms with E-state index in [4.69, 9.17) is 4.74 Å². The molecule has 0 unspecified atom stereocenters. The van der Waals surface area contributed by atoms with Gasteiger partial charge in [0.2, 0.25) is 0 Å². The number of hydrogen-bond acceptors (Lipinski definition) is 6. The lowest BCUT2D eigenvalue weighted by atomic mass is 10.1. The summed E-state index contributed by atoms with van der Waals surface area (Å²) in [5.74, 6) is -0.336. The van der Waals surface area contributed by atoms with Gasteiger partial charge >= 0.3 is 6.03 Å². The van der Waals surface area contributed by atoms with Gasteiger partial charge in [0, 0.05) is 43.1 Å². The molecule has 2 fully saturated rings. The molecule has 3 N–H and O–H groups in total. The minimum Gasteiger partial charge on any atom is -0.453 e. The van der Waals surface area contributed by atoms with Gasteiger partial charge in [-0.1, -0.05) is 0 Å². The van der Waals surface area contributed by atoms with Crippen LogP contribution in [0.2, 0.25) is 0 Å². The second kappa shape index (κ2) is 8.95. The number of nitrogens with one attached hydrogen (secondary N) is 2. The fraction of sp³-hybridized carbons (Fsp3) is 0.348. The summed E-state index contributed by atoms with van der Waals surface area (Å²) in [4.78, 5) is 31.3. The maximum atomic E-state index is 14.7. The molecular weight excluding hydrogens is 447 g/mol. The van der Waals surface area contributed by atoms with E-state index < -0.39 is 5.82 Å². The lowest BCUT2D eigenvalue weighted by molar-refractivity contribution is 0.0550. The van der Waals surface area contributed by atoms with Gasteiger partial charge in [-0.05, 0) is 43.9 Å². The van der Waals surface area contributed by atoms with E-state index in [2.05, 4.69) is 15.6 Å². The number of carbonyl (C=O) groups is 2. The van der Waals surface area contributed by atoms with Crippen LogP contribution in [0.1, 0.15) is 35.4 Å². The van der Waals surface area contributed by atoms with Gasteiger partial charge in [0.25, 0.3) is 5.91 Å². The summed E-state index contributed by atoms with van der Waals surface area (Å²) in [5, 5.41) is 15.1. The van der Waals surface area contributed by atoms with Crippen LogP contribution < -0.4 is 15.4 Å². The summed E-state index contributed by atoms with van der Waals surface area (Å²) in [5.41, 5.74) is 0.918. The number of piperidine rings is 1. The highest BCUT2D eigenvalue weighted by Gasteiger charge is 2.25. The number of urea groups is 1. The van der Waals surface area contributed by atoms with Crippen LogP contribution in [0.15, 0.2) is 36.5 Å². The van der Waals surface area contributed by atoms with Crippen LogP contribution >= 0.6 is 11.3 Å². The van der Waals surface area contributed by atoms with E-state index in [1.165, 1.54) is 23.5 Å². The van der Waals surface area contributed by atoms with Crippen LogP contribution in [0, 0.1) is 5.82 Å². The number of amides is 3. The molecule has 3 aromatic rings. The molecule has 172 valence electrons. The fourth-order valence-electron chi connectivity index (χ4n) is 3.69. The van der Waals surface area contributed by atoms with Gasteiger partial charge < -0.3 is 25.4 Å². The Morgan fingerprint density at radius 1 is 1.12 bits per heavy atom. The third-order valence-electron chi connectivity index (χ3n) is 5.66. The molecule has 0 radical (unpaired) electrons. The van der Waals surface area contributed by atoms with Gasteiger partial charge in [-0.25, -0.2) is 9.18 Å². The van der Waals surface area contributed by atoms with E-state index in [0.29, 0.717) is 52.5 Å². The zero-order valence-corrected chi connectivity index (χ0v) is 18.5. The number of benzene rings is 1. The van der Waals surface area contributed by atoms with Crippen molar-refractivity contribution in [2.24, 2.45) is 0 Å². The van der Waals surface area contributed by atoms with Crippen LogP contribution in [0.4, 0.5) is 14.9 Å². The number of hydrogen-bond donors (Lipinski definition) is 3. The highest BCUT2D eigenvalue weighted by Crippen LogP contribution is 2.36. The molecule has 2 aromatic heterocycles. The predicted molar refractivity (Wildman–Crippen MR) is 122 cm³/mol. The van der Waals surface area contributed by atoms with E-state index in [-0.39, 0.29) is 29.8 Å². The molecule has 10 heteroatoms. The maximum Gasteiger partial charge on any atom is 0.319 e. The Morgan fingerprint density at radius 3 is 2.64 bits per heavy atom. The Hall–Kier alpha value is -3.24. The van der Waals surface area contributed by atoms with Crippen molar-refractivity contribution in [2.45, 2.75) is 37.8 Å². The molecule has 5 rings (SSSR count). The predicted octanol–water partition coefficient (Wildman–Crippen LogP) is 4.11.